The first-order valence-electron chi connectivity index (χ1n) is 9.16. The molecular formula is C17H15F4N7O3. The van der Waals surface area contributed by atoms with Crippen molar-refractivity contribution in [3.8, 4) is 0 Å². The molecule has 14 heteroatoms. The van der Waals surface area contributed by atoms with Gasteiger partial charge in [0.1, 0.15) is 5.82 Å². The average Bonchev–Trinajstić information content (AvgIpc) is 3.30. The van der Waals surface area contributed by atoms with E-state index in [-0.39, 0.29) is 31.9 Å². The Hall–Kier alpha value is -3.58. The minimum Gasteiger partial charge on any atom is -0.333 e. The first-order chi connectivity index (χ1) is 14.6. The van der Waals surface area contributed by atoms with Crippen LogP contribution in [0.2, 0.25) is 0 Å². The minimum absolute atomic E-state index is 0.0371. The van der Waals surface area contributed by atoms with Crippen molar-refractivity contribution < 1.29 is 27.3 Å². The molecule has 1 amide bonds. The van der Waals surface area contributed by atoms with Gasteiger partial charge >= 0.3 is 6.18 Å². The SMILES string of the molecule is O=C(CC(Cc1n[nH]c2cc(F)ccc12)[N+](=O)[O-])N1CCn2c(nnc2C(F)(F)F)C1. The summed E-state index contributed by atoms with van der Waals surface area (Å²) in [6.07, 6.45) is -5.31. The Morgan fingerprint density at radius 1 is 1.29 bits per heavy atom. The maximum absolute atomic E-state index is 13.3. The lowest BCUT2D eigenvalue weighted by Crippen LogP contribution is -2.41. The van der Waals surface area contributed by atoms with Crippen molar-refractivity contribution in [1.29, 1.82) is 0 Å². The summed E-state index contributed by atoms with van der Waals surface area (Å²) < 4.78 is 53.0. The average molecular weight is 441 g/mol. The van der Waals surface area contributed by atoms with E-state index in [0.29, 0.717) is 16.6 Å². The van der Waals surface area contributed by atoms with Gasteiger partial charge in [-0.1, -0.05) is 0 Å². The first kappa shape index (κ1) is 20.7. The zero-order valence-electron chi connectivity index (χ0n) is 15.8. The second-order valence-corrected chi connectivity index (χ2v) is 7.11. The molecule has 1 unspecified atom stereocenters. The summed E-state index contributed by atoms with van der Waals surface area (Å²) in [5.41, 5.74) is 0.692. The molecule has 31 heavy (non-hydrogen) atoms. The number of nitro groups is 1. The van der Waals surface area contributed by atoms with E-state index in [9.17, 15) is 32.5 Å². The molecule has 0 aliphatic carbocycles. The van der Waals surface area contributed by atoms with E-state index >= 15 is 0 Å². The van der Waals surface area contributed by atoms with E-state index in [1.165, 1.54) is 23.1 Å². The number of amides is 1. The van der Waals surface area contributed by atoms with E-state index in [4.69, 9.17) is 0 Å². The van der Waals surface area contributed by atoms with Crippen LogP contribution in [0.5, 0.6) is 0 Å². The summed E-state index contributed by atoms with van der Waals surface area (Å²) in [7, 11) is 0. The molecular weight excluding hydrogens is 426 g/mol. The van der Waals surface area contributed by atoms with Gasteiger partial charge in [-0.05, 0) is 18.2 Å². The number of fused-ring (bicyclic) bond motifs is 2. The molecule has 1 N–H and O–H groups in total. The highest BCUT2D eigenvalue weighted by molar-refractivity contribution is 5.81. The van der Waals surface area contributed by atoms with Gasteiger partial charge in [-0.15, -0.1) is 10.2 Å². The van der Waals surface area contributed by atoms with E-state index in [0.717, 1.165) is 4.57 Å². The van der Waals surface area contributed by atoms with E-state index < -0.39 is 41.1 Å². The summed E-state index contributed by atoms with van der Waals surface area (Å²) in [4.78, 5) is 24.8. The Morgan fingerprint density at radius 3 is 2.77 bits per heavy atom. The highest BCUT2D eigenvalue weighted by Crippen LogP contribution is 2.29. The van der Waals surface area contributed by atoms with Crippen LogP contribution in [0.25, 0.3) is 10.9 Å². The van der Waals surface area contributed by atoms with Gasteiger partial charge < -0.3 is 9.47 Å². The molecule has 1 atom stereocenters. The van der Waals surface area contributed by atoms with Crippen molar-refractivity contribution in [2.75, 3.05) is 6.54 Å². The molecule has 1 aliphatic heterocycles. The van der Waals surface area contributed by atoms with Crippen LogP contribution in [0.15, 0.2) is 18.2 Å². The number of nitrogens with zero attached hydrogens (tertiary/aromatic N) is 6. The van der Waals surface area contributed by atoms with Crippen LogP contribution in [-0.4, -0.2) is 53.3 Å². The van der Waals surface area contributed by atoms with Gasteiger partial charge in [-0.2, -0.15) is 18.3 Å². The molecule has 10 nitrogen and oxygen atoms in total. The number of rotatable bonds is 5. The highest BCUT2D eigenvalue weighted by atomic mass is 19.4. The van der Waals surface area contributed by atoms with Gasteiger partial charge in [0.25, 0.3) is 0 Å². The normalized spacial score (nSPS) is 15.2. The summed E-state index contributed by atoms with van der Waals surface area (Å²) in [6, 6.07) is 2.54. The highest BCUT2D eigenvalue weighted by Gasteiger charge is 2.40. The number of alkyl halides is 3. The fourth-order valence-corrected chi connectivity index (χ4v) is 3.56. The third-order valence-corrected chi connectivity index (χ3v) is 5.10. The number of benzene rings is 1. The van der Waals surface area contributed by atoms with Crippen molar-refractivity contribution in [3.63, 3.8) is 0 Å². The zero-order chi connectivity index (χ0) is 22.3. The molecule has 0 bridgehead atoms. The number of carbonyl (C=O) groups is 1. The lowest BCUT2D eigenvalue weighted by atomic mass is 10.0. The van der Waals surface area contributed by atoms with Crippen LogP contribution in [0.4, 0.5) is 17.6 Å². The summed E-state index contributed by atoms with van der Waals surface area (Å²) >= 11 is 0. The number of hydrogen-bond acceptors (Lipinski definition) is 6. The van der Waals surface area contributed by atoms with Crippen molar-refractivity contribution in [1.82, 2.24) is 29.9 Å². The quantitative estimate of drug-likeness (QED) is 0.367. The Morgan fingerprint density at radius 2 is 2.06 bits per heavy atom. The number of H-pyrrole nitrogens is 1. The summed E-state index contributed by atoms with van der Waals surface area (Å²) in [6.45, 7) is -0.444. The van der Waals surface area contributed by atoms with Crippen LogP contribution in [0, 0.1) is 15.9 Å². The van der Waals surface area contributed by atoms with Crippen LogP contribution < -0.4 is 0 Å². The number of aromatic amines is 1. The van der Waals surface area contributed by atoms with Crippen molar-refractivity contribution in [2.24, 2.45) is 0 Å². The Bertz CT molecular complexity index is 1160. The smallest absolute Gasteiger partial charge is 0.333 e. The molecule has 3 heterocycles. The number of hydrogen-bond donors (Lipinski definition) is 1. The van der Waals surface area contributed by atoms with Crippen LogP contribution >= 0.6 is 0 Å². The molecule has 0 saturated carbocycles. The molecule has 164 valence electrons. The number of nitrogens with one attached hydrogen (secondary N) is 1. The molecule has 0 radical (unpaired) electrons. The maximum Gasteiger partial charge on any atom is 0.451 e. The molecule has 3 aromatic rings. The molecule has 0 spiro atoms. The van der Waals surface area contributed by atoms with Gasteiger partial charge in [-0.3, -0.25) is 20.0 Å². The van der Waals surface area contributed by atoms with Crippen molar-refractivity contribution in [2.45, 2.75) is 38.1 Å². The van der Waals surface area contributed by atoms with Crippen LogP contribution in [-0.2, 0) is 30.5 Å². The number of halogens is 4. The topological polar surface area (TPSA) is 123 Å². The monoisotopic (exact) mass is 441 g/mol. The van der Waals surface area contributed by atoms with Gasteiger partial charge in [0.05, 0.1) is 30.6 Å². The third-order valence-electron chi connectivity index (χ3n) is 5.10. The molecule has 2 aromatic heterocycles. The van der Waals surface area contributed by atoms with Gasteiger partial charge in [0.15, 0.2) is 5.82 Å². The van der Waals surface area contributed by atoms with Crippen molar-refractivity contribution >= 4 is 16.8 Å². The van der Waals surface area contributed by atoms with Gasteiger partial charge in [-0.25, -0.2) is 4.39 Å². The Balaban J connectivity index is 1.47. The van der Waals surface area contributed by atoms with Crippen LogP contribution in [0.3, 0.4) is 0 Å². The molecule has 1 aliphatic rings. The second-order valence-electron chi connectivity index (χ2n) is 7.11. The fourth-order valence-electron chi connectivity index (χ4n) is 3.56. The fraction of sp³-hybridized carbons (Fsp3) is 0.412. The van der Waals surface area contributed by atoms with E-state index in [2.05, 4.69) is 20.4 Å². The second kappa shape index (κ2) is 7.59. The molecule has 0 fully saturated rings. The van der Waals surface area contributed by atoms with E-state index in [1.807, 2.05) is 0 Å². The Labute approximate surface area is 171 Å². The number of aromatic nitrogens is 5. The molecule has 0 saturated heterocycles. The zero-order valence-corrected chi connectivity index (χ0v) is 15.8. The maximum atomic E-state index is 13.3. The number of carbonyl (C=O) groups excluding carboxylic acids is 1. The standard InChI is InChI=1S/C17H15F4N7O3/c18-9-1-2-11-12(5-9)22-23-13(11)6-10(28(30)31)7-15(29)26-3-4-27-14(8-26)24-25-16(27)17(19,20)21/h1-2,5,10H,3-4,6-8H2,(H,22,23). The largest absolute Gasteiger partial charge is 0.451 e. The molecule has 1 aromatic carbocycles. The lowest BCUT2D eigenvalue weighted by molar-refractivity contribution is -0.521. The lowest BCUT2D eigenvalue weighted by Gasteiger charge is -2.28. The van der Waals surface area contributed by atoms with Gasteiger partial charge in [0.2, 0.25) is 17.8 Å². The minimum atomic E-state index is -4.66. The summed E-state index contributed by atoms with van der Waals surface area (Å²) in [5.74, 6) is -2.25. The summed E-state index contributed by atoms with van der Waals surface area (Å²) in [5, 5.41) is 25.3. The predicted octanol–water partition coefficient (Wildman–Crippen LogP) is 1.93. The van der Waals surface area contributed by atoms with Crippen LogP contribution in [0.1, 0.15) is 23.8 Å². The third kappa shape index (κ3) is 4.04. The van der Waals surface area contributed by atoms with Gasteiger partial charge in [0, 0.05) is 23.4 Å². The Kier molecular flexibility index (Phi) is 5.07. The first-order valence-corrected chi connectivity index (χ1v) is 9.16. The predicted molar refractivity (Wildman–Crippen MR) is 95.6 cm³/mol. The van der Waals surface area contributed by atoms with Crippen molar-refractivity contribution in [3.05, 3.63) is 51.5 Å². The van der Waals surface area contributed by atoms with E-state index in [1.54, 1.807) is 0 Å². The molecule has 4 rings (SSSR count).